The summed E-state index contributed by atoms with van der Waals surface area (Å²) in [6.07, 6.45) is 4.52. The molecule has 0 aliphatic heterocycles. The third kappa shape index (κ3) is 4.31. The maximum absolute atomic E-state index is 11.9. The maximum Gasteiger partial charge on any atom is 0.252 e. The fourth-order valence-corrected chi connectivity index (χ4v) is 2.60. The Morgan fingerprint density at radius 1 is 1.42 bits per heavy atom. The van der Waals surface area contributed by atoms with Crippen molar-refractivity contribution >= 4 is 44.4 Å². The summed E-state index contributed by atoms with van der Waals surface area (Å²) in [5.74, 6) is -0.0216. The third-order valence-corrected chi connectivity index (χ3v) is 3.92. The van der Waals surface area contributed by atoms with Gasteiger partial charge in [-0.05, 0) is 57.1 Å². The number of aryl methyl sites for hydroxylation is 1. The number of carbonyl (C=O) groups excluding carboxylic acids is 1. The zero-order valence-corrected chi connectivity index (χ0v) is 13.9. The summed E-state index contributed by atoms with van der Waals surface area (Å²) in [5.41, 5.74) is 0.727. The van der Waals surface area contributed by atoms with Crippen LogP contribution in [0.5, 0.6) is 0 Å². The molecule has 0 fully saturated rings. The average molecular weight is 434 g/mol. The van der Waals surface area contributed by atoms with Crippen molar-refractivity contribution in [2.75, 3.05) is 6.54 Å². The molecule has 2 rings (SSSR count). The highest BCUT2D eigenvalue weighted by Crippen LogP contribution is 2.11. The Morgan fingerprint density at radius 3 is 2.89 bits per heavy atom. The monoisotopic (exact) mass is 433 g/mol. The van der Waals surface area contributed by atoms with Crippen LogP contribution in [0.4, 0.5) is 0 Å². The van der Waals surface area contributed by atoms with E-state index in [1.165, 1.54) is 0 Å². The van der Waals surface area contributed by atoms with Gasteiger partial charge in [-0.25, -0.2) is 0 Å². The van der Waals surface area contributed by atoms with Crippen molar-refractivity contribution in [3.05, 3.63) is 50.3 Å². The van der Waals surface area contributed by atoms with Crippen molar-refractivity contribution in [3.8, 4) is 0 Å². The van der Waals surface area contributed by atoms with Crippen LogP contribution in [0, 0.1) is 3.57 Å². The van der Waals surface area contributed by atoms with Crippen LogP contribution in [0.2, 0.25) is 0 Å². The fourth-order valence-electron chi connectivity index (χ4n) is 1.64. The minimum atomic E-state index is -0.0216. The molecule has 0 unspecified atom stereocenters. The summed E-state index contributed by atoms with van der Waals surface area (Å²) < 4.78 is 3.78. The molecular weight excluding hydrogens is 421 g/mol. The second kappa shape index (κ2) is 7.04. The zero-order valence-electron chi connectivity index (χ0n) is 10.1. The molecule has 0 bridgehead atoms. The molecule has 1 amide bonds. The molecule has 0 aliphatic carbocycles. The van der Waals surface area contributed by atoms with Gasteiger partial charge in [-0.3, -0.25) is 9.48 Å². The lowest BCUT2D eigenvalue weighted by atomic mass is 10.2. The molecule has 0 spiro atoms. The summed E-state index contributed by atoms with van der Waals surface area (Å²) >= 11 is 5.52. The smallest absolute Gasteiger partial charge is 0.252 e. The highest BCUT2D eigenvalue weighted by molar-refractivity contribution is 14.1. The van der Waals surface area contributed by atoms with Gasteiger partial charge in [-0.1, -0.05) is 12.1 Å². The predicted octanol–water partition coefficient (Wildman–Crippen LogP) is 3.07. The molecule has 0 saturated heterocycles. The van der Waals surface area contributed by atoms with Crippen molar-refractivity contribution in [1.29, 1.82) is 0 Å². The van der Waals surface area contributed by atoms with Crippen molar-refractivity contribution in [2.45, 2.75) is 13.0 Å². The Labute approximate surface area is 133 Å². The lowest BCUT2D eigenvalue weighted by molar-refractivity contribution is 0.0951. The van der Waals surface area contributed by atoms with Crippen LogP contribution < -0.4 is 5.32 Å². The Kier molecular flexibility index (Phi) is 5.38. The molecule has 6 heteroatoms. The Hall–Kier alpha value is -0.890. The summed E-state index contributed by atoms with van der Waals surface area (Å²) in [7, 11) is 0. The minimum absolute atomic E-state index is 0.0216. The SMILES string of the molecule is O=C(NCCCn1cc(Br)cn1)c1ccccc1I. The summed E-state index contributed by atoms with van der Waals surface area (Å²) in [6.45, 7) is 1.43. The molecule has 0 atom stereocenters. The quantitative estimate of drug-likeness (QED) is 0.581. The van der Waals surface area contributed by atoms with Gasteiger partial charge in [-0.15, -0.1) is 0 Å². The molecule has 1 heterocycles. The van der Waals surface area contributed by atoms with E-state index in [0.717, 1.165) is 26.6 Å². The van der Waals surface area contributed by atoms with Gasteiger partial charge in [0.25, 0.3) is 5.91 Å². The number of benzene rings is 1. The number of hydrogen-bond acceptors (Lipinski definition) is 2. The Bertz CT molecular complexity index is 571. The number of amides is 1. The Balaban J connectivity index is 1.77. The number of hydrogen-bond donors (Lipinski definition) is 1. The van der Waals surface area contributed by atoms with Gasteiger partial charge in [0.05, 0.1) is 16.2 Å². The molecule has 0 radical (unpaired) electrons. The average Bonchev–Trinajstić information content (AvgIpc) is 2.81. The number of aromatic nitrogens is 2. The molecule has 1 aromatic heterocycles. The highest BCUT2D eigenvalue weighted by atomic mass is 127. The number of nitrogens with zero attached hydrogens (tertiary/aromatic N) is 2. The van der Waals surface area contributed by atoms with E-state index >= 15 is 0 Å². The van der Waals surface area contributed by atoms with E-state index in [0.29, 0.717) is 6.54 Å². The largest absolute Gasteiger partial charge is 0.352 e. The van der Waals surface area contributed by atoms with E-state index in [1.807, 2.05) is 35.1 Å². The van der Waals surface area contributed by atoms with Crippen molar-refractivity contribution in [3.63, 3.8) is 0 Å². The zero-order chi connectivity index (χ0) is 13.7. The van der Waals surface area contributed by atoms with E-state index < -0.39 is 0 Å². The number of carbonyl (C=O) groups is 1. The first kappa shape index (κ1) is 14.5. The third-order valence-electron chi connectivity index (χ3n) is 2.57. The van der Waals surface area contributed by atoms with E-state index in [1.54, 1.807) is 6.20 Å². The molecule has 0 aliphatic rings. The van der Waals surface area contributed by atoms with Crippen LogP contribution in [-0.4, -0.2) is 22.2 Å². The normalized spacial score (nSPS) is 10.4. The number of rotatable bonds is 5. The molecule has 2 aromatic rings. The summed E-state index contributed by atoms with van der Waals surface area (Å²) in [5, 5.41) is 7.08. The van der Waals surface area contributed by atoms with Crippen LogP contribution in [-0.2, 0) is 6.54 Å². The van der Waals surface area contributed by atoms with Crippen LogP contribution >= 0.6 is 38.5 Å². The molecule has 4 nitrogen and oxygen atoms in total. The van der Waals surface area contributed by atoms with Gasteiger partial charge in [0, 0.05) is 22.9 Å². The Morgan fingerprint density at radius 2 is 2.21 bits per heavy atom. The first-order chi connectivity index (χ1) is 9.16. The number of halogens is 2. The second-order valence-electron chi connectivity index (χ2n) is 4.01. The van der Waals surface area contributed by atoms with E-state index in [2.05, 4.69) is 48.9 Å². The molecule has 0 saturated carbocycles. The first-order valence-corrected chi connectivity index (χ1v) is 7.74. The molecule has 1 N–H and O–H groups in total. The van der Waals surface area contributed by atoms with Crippen molar-refractivity contribution in [2.24, 2.45) is 0 Å². The van der Waals surface area contributed by atoms with Gasteiger partial charge < -0.3 is 5.32 Å². The van der Waals surface area contributed by atoms with Crippen molar-refractivity contribution < 1.29 is 4.79 Å². The number of nitrogens with one attached hydrogen (secondary N) is 1. The summed E-state index contributed by atoms with van der Waals surface area (Å²) in [4.78, 5) is 11.9. The second-order valence-corrected chi connectivity index (χ2v) is 6.09. The van der Waals surface area contributed by atoms with E-state index in [4.69, 9.17) is 0 Å². The minimum Gasteiger partial charge on any atom is -0.352 e. The van der Waals surface area contributed by atoms with Crippen molar-refractivity contribution in [1.82, 2.24) is 15.1 Å². The van der Waals surface area contributed by atoms with Gasteiger partial charge in [0.15, 0.2) is 0 Å². The van der Waals surface area contributed by atoms with Gasteiger partial charge in [-0.2, -0.15) is 5.10 Å². The van der Waals surface area contributed by atoms with Gasteiger partial charge in [0.2, 0.25) is 0 Å². The summed E-state index contributed by atoms with van der Waals surface area (Å²) in [6, 6.07) is 7.56. The molecule has 19 heavy (non-hydrogen) atoms. The predicted molar refractivity (Wildman–Crippen MR) is 86.0 cm³/mol. The topological polar surface area (TPSA) is 46.9 Å². The molecule has 1 aromatic carbocycles. The van der Waals surface area contributed by atoms with Crippen LogP contribution in [0.25, 0.3) is 0 Å². The van der Waals surface area contributed by atoms with E-state index in [-0.39, 0.29) is 5.91 Å². The lowest BCUT2D eigenvalue weighted by Gasteiger charge is -2.06. The van der Waals surface area contributed by atoms with Gasteiger partial charge in [0.1, 0.15) is 0 Å². The molecule has 100 valence electrons. The standard InChI is InChI=1S/C13H13BrIN3O/c14-10-8-17-18(9-10)7-3-6-16-13(19)11-4-1-2-5-12(11)15/h1-2,4-5,8-9H,3,6-7H2,(H,16,19). The maximum atomic E-state index is 11.9. The first-order valence-electron chi connectivity index (χ1n) is 5.87. The lowest BCUT2D eigenvalue weighted by Crippen LogP contribution is -2.26. The molecular formula is C13H13BrIN3O. The van der Waals surface area contributed by atoms with Crippen LogP contribution in [0.15, 0.2) is 41.1 Å². The van der Waals surface area contributed by atoms with Crippen LogP contribution in [0.3, 0.4) is 0 Å². The van der Waals surface area contributed by atoms with E-state index in [9.17, 15) is 4.79 Å². The fraction of sp³-hybridized carbons (Fsp3) is 0.231. The van der Waals surface area contributed by atoms with Crippen LogP contribution in [0.1, 0.15) is 16.8 Å². The highest BCUT2D eigenvalue weighted by Gasteiger charge is 2.07. The van der Waals surface area contributed by atoms with Gasteiger partial charge >= 0.3 is 0 Å².